The summed E-state index contributed by atoms with van der Waals surface area (Å²) in [5.41, 5.74) is 8.15. The number of nitrogen functional groups attached to an aromatic ring is 1. The van der Waals surface area contributed by atoms with E-state index in [1.807, 2.05) is 49.7 Å². The molecule has 4 aromatic rings. The van der Waals surface area contributed by atoms with E-state index in [0.29, 0.717) is 26.7 Å². The monoisotopic (exact) mass is 519 g/mol. The van der Waals surface area contributed by atoms with Crippen LogP contribution in [0.1, 0.15) is 6.42 Å². The second kappa shape index (κ2) is 9.93. The predicted octanol–water partition coefficient (Wildman–Crippen LogP) is 2.26. The number of sulfonamides is 1. The third-order valence-electron chi connectivity index (χ3n) is 5.03. The van der Waals surface area contributed by atoms with Gasteiger partial charge < -0.3 is 10.6 Å². The van der Waals surface area contributed by atoms with Gasteiger partial charge in [-0.05, 0) is 69.0 Å². The second-order valence-corrected chi connectivity index (χ2v) is 11.7. The first-order valence-electron chi connectivity index (χ1n) is 10.3. The molecule has 5 N–H and O–H groups in total. The fraction of sp³-hybridized carbons (Fsp3) is 0.300. The van der Waals surface area contributed by atoms with Gasteiger partial charge in [0.25, 0.3) is 0 Å². The maximum atomic E-state index is 12.9. The normalized spacial score (nSPS) is 12.3. The number of thiazole rings is 1. The predicted molar refractivity (Wildman–Crippen MR) is 136 cm³/mol. The summed E-state index contributed by atoms with van der Waals surface area (Å²) in [5, 5.41) is 20.4. The van der Waals surface area contributed by atoms with E-state index in [1.165, 1.54) is 23.3 Å². The zero-order chi connectivity index (χ0) is 24.5. The van der Waals surface area contributed by atoms with Crippen LogP contribution in [0, 0.1) is 0 Å². The number of nitrogens with one attached hydrogen (secondary N) is 1. The maximum Gasteiger partial charge on any atom is 0.239 e. The van der Waals surface area contributed by atoms with Gasteiger partial charge in [0.2, 0.25) is 15.8 Å². The van der Waals surface area contributed by atoms with Crippen molar-refractivity contribution in [3.05, 3.63) is 30.3 Å². The summed E-state index contributed by atoms with van der Waals surface area (Å²) in [6.07, 6.45) is 0.921. The van der Waals surface area contributed by atoms with Gasteiger partial charge in [0.05, 0.1) is 15.8 Å². The molecule has 180 valence electrons. The van der Waals surface area contributed by atoms with Crippen LogP contribution >= 0.6 is 23.3 Å². The van der Waals surface area contributed by atoms with E-state index >= 15 is 0 Å². The van der Waals surface area contributed by atoms with Gasteiger partial charge in [0.15, 0.2) is 5.13 Å². The Balaban J connectivity index is 1.89. The number of hydrogen-bond acceptors (Lipinski definition) is 11. The first kappa shape index (κ1) is 24.5. The van der Waals surface area contributed by atoms with E-state index in [9.17, 15) is 8.42 Å². The molecule has 0 aliphatic carbocycles. The number of hydrogen-bond donors (Lipinski definition) is 3. The number of H-pyrrole nitrogens is 1. The number of rotatable bonds is 9. The number of fused-ring (bicyclic) bond motifs is 1. The lowest BCUT2D eigenvalue weighted by atomic mass is 9.98. The van der Waals surface area contributed by atoms with E-state index in [2.05, 4.69) is 30.5 Å². The highest BCUT2D eigenvalue weighted by Crippen LogP contribution is 2.43. The lowest BCUT2D eigenvalue weighted by Crippen LogP contribution is -2.20. The third kappa shape index (κ3) is 5.21. The Bertz CT molecular complexity index is 1400. The molecule has 0 amide bonds. The van der Waals surface area contributed by atoms with Gasteiger partial charge in [-0.15, -0.1) is 10.2 Å². The number of benzene rings is 2. The van der Waals surface area contributed by atoms with Crippen molar-refractivity contribution in [2.75, 3.05) is 40.0 Å². The lowest BCUT2D eigenvalue weighted by Gasteiger charge is -2.20. The summed E-state index contributed by atoms with van der Waals surface area (Å²) in [6.45, 7) is 1.67. The summed E-state index contributed by atoms with van der Waals surface area (Å²) < 4.78 is 28.7. The number of para-hydroxylation sites is 1. The second-order valence-electron chi connectivity index (χ2n) is 7.90. The minimum Gasteiger partial charge on any atom is -0.375 e. The van der Waals surface area contributed by atoms with Crippen molar-refractivity contribution >= 4 is 48.7 Å². The van der Waals surface area contributed by atoms with Crippen molar-refractivity contribution < 1.29 is 8.42 Å². The highest BCUT2D eigenvalue weighted by atomic mass is 32.2. The lowest BCUT2D eigenvalue weighted by molar-refractivity contribution is 0.380. The highest BCUT2D eigenvalue weighted by Gasteiger charge is 2.28. The summed E-state index contributed by atoms with van der Waals surface area (Å²) in [4.78, 5) is 6.97. The number of aromatic nitrogens is 5. The van der Waals surface area contributed by atoms with Crippen molar-refractivity contribution in [2.24, 2.45) is 5.14 Å². The Morgan fingerprint density at radius 2 is 1.91 bits per heavy atom. The molecule has 0 spiro atoms. The zero-order valence-electron chi connectivity index (χ0n) is 18.9. The van der Waals surface area contributed by atoms with Crippen LogP contribution in [0.25, 0.3) is 32.7 Å². The fourth-order valence-corrected chi connectivity index (χ4v) is 6.56. The van der Waals surface area contributed by atoms with Crippen LogP contribution in [-0.2, 0) is 10.0 Å². The topological polar surface area (TPSA) is 160 Å². The first-order valence-corrected chi connectivity index (χ1v) is 13.4. The van der Waals surface area contributed by atoms with Crippen LogP contribution in [0.3, 0.4) is 0 Å². The Labute approximate surface area is 205 Å². The molecule has 14 heteroatoms. The molecule has 2 aromatic heterocycles. The van der Waals surface area contributed by atoms with Crippen molar-refractivity contribution in [2.45, 2.75) is 16.2 Å². The van der Waals surface area contributed by atoms with Crippen LogP contribution in [0.2, 0.25) is 0 Å². The van der Waals surface area contributed by atoms with Crippen LogP contribution < -0.4 is 10.9 Å². The molecule has 0 saturated heterocycles. The first-order chi connectivity index (χ1) is 16.1. The molecule has 2 aromatic carbocycles. The molecular formula is C20H25N9O2S3. The number of aromatic amines is 1. The Kier molecular flexibility index (Phi) is 7.16. The molecule has 0 atom stereocenters. The zero-order valence-corrected chi connectivity index (χ0v) is 21.3. The maximum absolute atomic E-state index is 12.9. The largest absolute Gasteiger partial charge is 0.375 e. The average molecular weight is 520 g/mol. The Hall–Kier alpha value is -2.62. The minimum atomic E-state index is -4.17. The molecule has 0 unspecified atom stereocenters. The van der Waals surface area contributed by atoms with Crippen LogP contribution in [-0.4, -0.2) is 77.5 Å². The summed E-state index contributed by atoms with van der Waals surface area (Å²) in [6, 6.07) is 9.22. The van der Waals surface area contributed by atoms with Crippen molar-refractivity contribution in [3.63, 3.8) is 0 Å². The molecule has 0 fully saturated rings. The van der Waals surface area contributed by atoms with E-state index in [4.69, 9.17) is 10.9 Å². The van der Waals surface area contributed by atoms with Crippen LogP contribution in [0.5, 0.6) is 0 Å². The van der Waals surface area contributed by atoms with Gasteiger partial charge in [0.1, 0.15) is 4.90 Å². The van der Waals surface area contributed by atoms with E-state index in [0.717, 1.165) is 24.2 Å². The molecule has 0 aliphatic heterocycles. The van der Waals surface area contributed by atoms with E-state index < -0.39 is 10.0 Å². The van der Waals surface area contributed by atoms with Gasteiger partial charge in [-0.3, -0.25) is 0 Å². The molecule has 0 bridgehead atoms. The number of anilines is 1. The quantitative estimate of drug-likeness (QED) is 0.280. The molecule has 0 aliphatic rings. The number of nitrogens with zero attached hydrogens (tertiary/aromatic N) is 6. The highest BCUT2D eigenvalue weighted by molar-refractivity contribution is 7.98. The van der Waals surface area contributed by atoms with Crippen LogP contribution in [0.4, 0.5) is 5.13 Å². The molecule has 11 nitrogen and oxygen atoms in total. The average Bonchev–Trinajstić information content (AvgIpc) is 3.41. The Morgan fingerprint density at radius 1 is 1.12 bits per heavy atom. The van der Waals surface area contributed by atoms with Crippen molar-refractivity contribution in [1.82, 2.24) is 34.8 Å². The van der Waals surface area contributed by atoms with Gasteiger partial charge in [-0.25, -0.2) is 22.8 Å². The smallest absolute Gasteiger partial charge is 0.239 e. The van der Waals surface area contributed by atoms with Crippen molar-refractivity contribution in [1.29, 1.82) is 0 Å². The molecule has 4 rings (SSSR count). The molecule has 2 heterocycles. The number of tetrazole rings is 1. The SMILES string of the molecule is CN(C)CCCN(C)Sc1ccc(-c2cccc3sc(N)nc23)c(-c2nn[nH]n2)c1S(N)(=O)=O. The summed E-state index contributed by atoms with van der Waals surface area (Å²) in [7, 11) is 1.77. The van der Waals surface area contributed by atoms with E-state index in [1.54, 1.807) is 6.07 Å². The molecular weight excluding hydrogens is 494 g/mol. The van der Waals surface area contributed by atoms with Gasteiger partial charge in [-0.1, -0.05) is 29.5 Å². The summed E-state index contributed by atoms with van der Waals surface area (Å²) in [5.74, 6) is 0.122. The van der Waals surface area contributed by atoms with Gasteiger partial charge in [0, 0.05) is 17.0 Å². The minimum absolute atomic E-state index is 0.0592. The molecule has 0 radical (unpaired) electrons. The van der Waals surface area contributed by atoms with Crippen LogP contribution in [0.15, 0.2) is 40.1 Å². The Morgan fingerprint density at radius 3 is 2.59 bits per heavy atom. The van der Waals surface area contributed by atoms with Crippen molar-refractivity contribution in [3.8, 4) is 22.5 Å². The van der Waals surface area contributed by atoms with Gasteiger partial charge >= 0.3 is 0 Å². The van der Waals surface area contributed by atoms with E-state index in [-0.39, 0.29) is 16.3 Å². The fourth-order valence-electron chi connectivity index (χ4n) is 3.64. The summed E-state index contributed by atoms with van der Waals surface area (Å²) >= 11 is 2.66. The number of nitrogens with two attached hydrogens (primary N) is 2. The number of primary sulfonamides is 1. The molecule has 0 saturated carbocycles. The third-order valence-corrected chi connectivity index (χ3v) is 8.04. The standard InChI is InChI=1S/C20H25N9O2S3/c1-28(2)10-5-11-29(3)33-15-9-8-12(13-6-4-7-14-17(13)23-20(21)32-14)16(18(15)34(22,30)31)19-24-26-27-25-19/h4,6-9H,5,10-11H2,1-3H3,(H2,21,23)(H2,22,30,31)(H,24,25,26,27). The molecule has 34 heavy (non-hydrogen) atoms. The van der Waals surface area contributed by atoms with Gasteiger partial charge in [-0.2, -0.15) is 5.21 Å².